The summed E-state index contributed by atoms with van der Waals surface area (Å²) in [5.74, 6) is 1.42. The smallest absolute Gasteiger partial charge is 1.00 e. The fraction of sp³-hybridized carbons (Fsp3) is 0.125. The van der Waals surface area contributed by atoms with Crippen LogP contribution in [0.25, 0.3) is 0 Å². The van der Waals surface area contributed by atoms with Crippen LogP contribution in [0.15, 0.2) is 12.1 Å². The molecule has 0 fully saturated rings. The quantitative estimate of drug-likeness (QED) is 0.414. The van der Waals surface area contributed by atoms with Crippen LogP contribution in [0.3, 0.4) is 0 Å². The first kappa shape index (κ1) is 13.0. The summed E-state index contributed by atoms with van der Waals surface area (Å²) < 4.78 is 10.2. The zero-order valence-corrected chi connectivity index (χ0v) is 9.77. The fourth-order valence-corrected chi connectivity index (χ4v) is 1.11. The van der Waals surface area contributed by atoms with Gasteiger partial charge < -0.3 is 21.9 Å². The molecule has 0 saturated carbocycles. The molecule has 0 aromatic heterocycles. The van der Waals surface area contributed by atoms with Gasteiger partial charge in [0.25, 0.3) is 0 Å². The molecule has 2 rings (SSSR count). The van der Waals surface area contributed by atoms with Gasteiger partial charge in [0.05, 0.1) is 0 Å². The van der Waals surface area contributed by atoms with Crippen molar-refractivity contribution in [2.45, 2.75) is 0 Å². The number of halogens is 2. The Balaban J connectivity index is 0.000000720. The average Bonchev–Trinajstić information content (AvgIpc) is 2.36. The van der Waals surface area contributed by atoms with Crippen LogP contribution in [0, 0.1) is 6.92 Å². The Bertz CT molecular complexity index is 275. The molecule has 0 aliphatic carbocycles. The summed E-state index contributed by atoms with van der Waals surface area (Å²) >= 11 is 5.79. The fourth-order valence-electron chi connectivity index (χ4n) is 0.959. The van der Waals surface area contributed by atoms with E-state index >= 15 is 0 Å². The van der Waals surface area contributed by atoms with Gasteiger partial charge in [-0.05, 0) is 0 Å². The van der Waals surface area contributed by atoms with Gasteiger partial charge in [-0.15, -0.1) is 6.07 Å². The minimum Gasteiger partial charge on any atom is -1.00 e. The van der Waals surface area contributed by atoms with E-state index in [0.29, 0.717) is 10.8 Å². The van der Waals surface area contributed by atoms with Crippen LogP contribution >= 0.6 is 11.6 Å². The summed E-state index contributed by atoms with van der Waals surface area (Å²) in [7, 11) is 0. The monoisotopic (exact) mass is 228 g/mol. The van der Waals surface area contributed by atoms with Crippen molar-refractivity contribution in [2.75, 3.05) is 6.79 Å². The summed E-state index contributed by atoms with van der Waals surface area (Å²) in [4.78, 5) is 0. The summed E-state index contributed by atoms with van der Waals surface area (Å²) in [5, 5.41) is 0.606. The number of hydrogen-bond acceptors (Lipinski definition) is 2. The first-order chi connectivity index (χ1) is 5.27. The second-order valence-corrected chi connectivity index (χ2v) is 2.70. The van der Waals surface area contributed by atoms with Crippen molar-refractivity contribution in [1.29, 1.82) is 0 Å². The second-order valence-electron chi connectivity index (χ2n) is 2.30. The Morgan fingerprint density at radius 1 is 1.23 bits per heavy atom. The minimum absolute atomic E-state index is 0. The largest absolute Gasteiger partial charge is 2.00 e. The van der Waals surface area contributed by atoms with Gasteiger partial charge in [0, 0.05) is 0 Å². The molecule has 66 valence electrons. The van der Waals surface area contributed by atoms with Crippen LogP contribution in [-0.4, -0.2) is 29.8 Å². The van der Waals surface area contributed by atoms with Crippen molar-refractivity contribution in [3.8, 4) is 11.5 Å². The van der Waals surface area contributed by atoms with Gasteiger partial charge in [0.2, 0.25) is 6.79 Å². The molecule has 13 heavy (non-hydrogen) atoms. The van der Waals surface area contributed by atoms with Gasteiger partial charge in [-0.1, -0.05) is 11.1 Å². The van der Waals surface area contributed by atoms with Gasteiger partial charge >= 0.3 is 23.1 Å². The van der Waals surface area contributed by atoms with Gasteiger partial charge in [0.15, 0.2) is 0 Å². The molecule has 0 bridgehead atoms. The molecule has 0 radical (unpaired) electrons. The second kappa shape index (κ2) is 5.05. The molecule has 5 heteroatoms. The van der Waals surface area contributed by atoms with Crippen molar-refractivity contribution in [2.24, 2.45) is 0 Å². The topological polar surface area (TPSA) is 18.5 Å². The molecule has 2 nitrogen and oxygen atoms in total. The third kappa shape index (κ3) is 2.50. The first-order valence-corrected chi connectivity index (χ1v) is 3.56. The minimum atomic E-state index is 0. The normalized spacial score (nSPS) is 11.5. The summed E-state index contributed by atoms with van der Waals surface area (Å²) in [6.45, 7) is 4.00. The van der Waals surface area contributed by atoms with Crippen molar-refractivity contribution < 1.29 is 21.9 Å². The maximum Gasteiger partial charge on any atom is 2.00 e. The van der Waals surface area contributed by atoms with Crippen LogP contribution in [-0.2, 0) is 0 Å². The van der Waals surface area contributed by atoms with Gasteiger partial charge in [-0.25, -0.2) is 0 Å². The van der Waals surface area contributed by atoms with Crippen LogP contribution < -0.4 is 21.9 Å². The van der Waals surface area contributed by atoms with Crippen molar-refractivity contribution in [1.82, 2.24) is 0 Å². The Hall–Kier alpha value is 0.0362. The Morgan fingerprint density at radius 2 is 1.77 bits per heavy atom. The molecule has 1 heterocycles. The number of hydrogen-bond donors (Lipinski definition) is 0. The van der Waals surface area contributed by atoms with E-state index in [2.05, 4.69) is 6.92 Å². The third-order valence-electron chi connectivity index (χ3n) is 1.54. The zero-order chi connectivity index (χ0) is 7.84. The molecule has 1 aliphatic rings. The van der Waals surface area contributed by atoms with Gasteiger partial charge in [-0.3, -0.25) is 0 Å². The average molecular weight is 229 g/mol. The number of ether oxygens (including phenoxy) is 2. The number of rotatable bonds is 0. The molecule has 1 aliphatic heterocycles. The number of fused-ring (bicyclic) bond motifs is 1. The molecule has 0 N–H and O–H groups in total. The van der Waals surface area contributed by atoms with E-state index in [1.807, 2.05) is 0 Å². The Labute approximate surface area is 104 Å². The van der Waals surface area contributed by atoms with E-state index in [1.165, 1.54) is 0 Å². The van der Waals surface area contributed by atoms with E-state index in [4.69, 9.17) is 21.1 Å². The zero-order valence-electron chi connectivity index (χ0n) is 6.85. The van der Waals surface area contributed by atoms with Crippen molar-refractivity contribution >= 4 is 34.7 Å². The number of benzene rings is 1. The van der Waals surface area contributed by atoms with Crippen LogP contribution in [0.2, 0.25) is 5.02 Å². The SMILES string of the molecule is [CH2-]c1cc2c(cc1Cl)OCO2.[Cl-].[Mg+2]. The predicted octanol–water partition coefficient (Wildman–Crippen LogP) is -1.13. The van der Waals surface area contributed by atoms with Crippen molar-refractivity contribution in [3.63, 3.8) is 0 Å². The van der Waals surface area contributed by atoms with Crippen LogP contribution in [0.5, 0.6) is 11.5 Å². The standard InChI is InChI=1S/C8H6ClO2.ClH.Mg/c1-5-2-7-8(3-6(5)9)11-4-10-7;;/h2-3H,1,4H2;1H;/q-1;;+2/p-1. The summed E-state index contributed by atoms with van der Waals surface area (Å²) in [6, 6.07) is 3.48. The van der Waals surface area contributed by atoms with E-state index in [1.54, 1.807) is 12.1 Å². The summed E-state index contributed by atoms with van der Waals surface area (Å²) in [6.07, 6.45) is 0. The first-order valence-electron chi connectivity index (χ1n) is 3.18. The van der Waals surface area contributed by atoms with E-state index in [0.717, 1.165) is 11.3 Å². The predicted molar refractivity (Wildman–Crippen MR) is 47.8 cm³/mol. The molecule has 0 atom stereocenters. The van der Waals surface area contributed by atoms with Crippen LogP contribution in [0.4, 0.5) is 0 Å². The Morgan fingerprint density at radius 3 is 2.38 bits per heavy atom. The molecule has 1 aromatic carbocycles. The third-order valence-corrected chi connectivity index (χ3v) is 1.89. The van der Waals surface area contributed by atoms with E-state index in [9.17, 15) is 0 Å². The molecule has 0 unspecified atom stereocenters. The maximum absolute atomic E-state index is 5.79. The Kier molecular flexibility index (Phi) is 5.07. The van der Waals surface area contributed by atoms with E-state index in [-0.39, 0.29) is 42.3 Å². The van der Waals surface area contributed by atoms with Crippen molar-refractivity contribution in [3.05, 3.63) is 29.6 Å². The van der Waals surface area contributed by atoms with Gasteiger partial charge in [0.1, 0.15) is 11.5 Å². The molecule has 0 amide bonds. The maximum atomic E-state index is 5.79. The van der Waals surface area contributed by atoms with Gasteiger partial charge in [-0.2, -0.15) is 24.1 Å². The molecular weight excluding hydrogens is 223 g/mol. The molecule has 0 spiro atoms. The van der Waals surface area contributed by atoms with Crippen LogP contribution in [0.1, 0.15) is 5.56 Å². The molecular formula is C8H6Cl2MgO2. The van der Waals surface area contributed by atoms with E-state index < -0.39 is 0 Å². The molecule has 0 saturated heterocycles. The molecule has 1 aromatic rings. The summed E-state index contributed by atoms with van der Waals surface area (Å²) in [5.41, 5.74) is 0.760.